The quantitative estimate of drug-likeness (QED) is 0.544. The lowest BCUT2D eigenvalue weighted by Crippen LogP contribution is -2.60. The largest absolute Gasteiger partial charge is 0.447 e. The number of alkyl carbamates (subject to hydrolysis) is 1. The number of hydrogen-bond donors (Lipinski definition) is 4. The van der Waals surface area contributed by atoms with E-state index in [0.717, 1.165) is 6.42 Å². The maximum absolute atomic E-state index is 11.3. The number of rotatable bonds is 5. The molecule has 0 radical (unpaired) electrons. The van der Waals surface area contributed by atoms with Crippen LogP contribution in [0.3, 0.4) is 0 Å². The molecule has 2 heterocycles. The van der Waals surface area contributed by atoms with Crippen LogP contribution in [0.2, 0.25) is 0 Å². The third kappa shape index (κ3) is 4.03. The molecule has 22 heavy (non-hydrogen) atoms. The molecule has 2 aliphatic heterocycles. The summed E-state index contributed by atoms with van der Waals surface area (Å²) in [7, 11) is 0. The van der Waals surface area contributed by atoms with Crippen molar-refractivity contribution in [2.24, 2.45) is 4.99 Å². The molecule has 126 valence electrons. The van der Waals surface area contributed by atoms with E-state index in [1.54, 1.807) is 6.92 Å². The molecular weight excluding hydrogens is 310 g/mol. The van der Waals surface area contributed by atoms with Gasteiger partial charge >= 0.3 is 6.09 Å². The molecule has 2 rings (SSSR count). The predicted molar refractivity (Wildman–Crippen MR) is 82.8 cm³/mol. The molecule has 0 aliphatic carbocycles. The number of aliphatic imine (C=N–C) groups is 1. The SMILES string of the molecule is CCCN=C1N[C@@H]2[C@@H](O)[C@@H](O)[C@@H](COC(=O)NCC)O[C@@H]2S1. The Kier molecular flexibility index (Phi) is 6.30. The zero-order valence-corrected chi connectivity index (χ0v) is 13.5. The summed E-state index contributed by atoms with van der Waals surface area (Å²) in [6.07, 6.45) is -2.55. The van der Waals surface area contributed by atoms with E-state index < -0.39 is 30.4 Å². The minimum Gasteiger partial charge on any atom is -0.447 e. The normalized spacial score (nSPS) is 35.8. The minimum atomic E-state index is -1.13. The van der Waals surface area contributed by atoms with E-state index in [-0.39, 0.29) is 12.0 Å². The Morgan fingerprint density at radius 1 is 1.45 bits per heavy atom. The summed E-state index contributed by atoms with van der Waals surface area (Å²) in [5.74, 6) is 0. The summed E-state index contributed by atoms with van der Waals surface area (Å²) in [5, 5.41) is 26.6. The van der Waals surface area contributed by atoms with Gasteiger partial charge in [0.1, 0.15) is 30.4 Å². The van der Waals surface area contributed by atoms with Crippen LogP contribution in [0.1, 0.15) is 20.3 Å². The van der Waals surface area contributed by atoms with Crippen molar-refractivity contribution >= 4 is 23.0 Å². The van der Waals surface area contributed by atoms with Gasteiger partial charge in [0.2, 0.25) is 0 Å². The van der Waals surface area contributed by atoms with Gasteiger partial charge in [-0.05, 0) is 13.3 Å². The number of thioether (sulfide) groups is 1. The number of carbonyl (C=O) groups is 1. The molecule has 1 amide bonds. The van der Waals surface area contributed by atoms with E-state index >= 15 is 0 Å². The summed E-state index contributed by atoms with van der Waals surface area (Å²) in [5.41, 5.74) is -0.364. The first-order valence-corrected chi connectivity index (χ1v) is 8.34. The number of aliphatic hydroxyl groups is 2. The highest BCUT2D eigenvalue weighted by atomic mass is 32.2. The highest BCUT2D eigenvalue weighted by Crippen LogP contribution is 2.34. The van der Waals surface area contributed by atoms with Gasteiger partial charge in [-0.25, -0.2) is 4.79 Å². The van der Waals surface area contributed by atoms with Crippen molar-refractivity contribution in [3.05, 3.63) is 0 Å². The monoisotopic (exact) mass is 333 g/mol. The molecule has 0 saturated carbocycles. The van der Waals surface area contributed by atoms with Crippen LogP contribution >= 0.6 is 11.8 Å². The molecule has 0 aromatic rings. The molecule has 9 heteroatoms. The zero-order chi connectivity index (χ0) is 16.1. The number of aliphatic hydroxyl groups excluding tert-OH is 2. The van der Waals surface area contributed by atoms with Crippen LogP contribution in [0.25, 0.3) is 0 Å². The summed E-state index contributed by atoms with van der Waals surface area (Å²) in [6.45, 7) is 4.84. The van der Waals surface area contributed by atoms with Crippen molar-refractivity contribution in [1.82, 2.24) is 10.6 Å². The van der Waals surface area contributed by atoms with Gasteiger partial charge in [-0.2, -0.15) is 0 Å². The molecule has 2 saturated heterocycles. The maximum Gasteiger partial charge on any atom is 0.407 e. The number of nitrogens with zero attached hydrogens (tertiary/aromatic N) is 1. The third-order valence-corrected chi connectivity index (χ3v) is 4.50. The van der Waals surface area contributed by atoms with Crippen LogP contribution in [0.15, 0.2) is 4.99 Å². The van der Waals surface area contributed by atoms with Gasteiger partial charge in [-0.15, -0.1) is 0 Å². The Bertz CT molecular complexity index is 422. The van der Waals surface area contributed by atoms with Crippen LogP contribution in [0, 0.1) is 0 Å². The van der Waals surface area contributed by atoms with Crippen LogP contribution < -0.4 is 10.6 Å². The van der Waals surface area contributed by atoms with Crippen LogP contribution in [-0.2, 0) is 9.47 Å². The van der Waals surface area contributed by atoms with Crippen molar-refractivity contribution in [2.75, 3.05) is 19.7 Å². The van der Waals surface area contributed by atoms with Gasteiger partial charge in [0.15, 0.2) is 5.17 Å². The average Bonchev–Trinajstić information content (AvgIpc) is 2.91. The maximum atomic E-state index is 11.3. The highest BCUT2D eigenvalue weighted by Gasteiger charge is 2.49. The number of ether oxygens (including phenoxy) is 2. The highest BCUT2D eigenvalue weighted by molar-refractivity contribution is 8.14. The molecule has 0 unspecified atom stereocenters. The summed E-state index contributed by atoms with van der Waals surface area (Å²) in [6, 6.07) is -0.420. The van der Waals surface area contributed by atoms with Gasteiger partial charge in [0.25, 0.3) is 0 Å². The summed E-state index contributed by atoms with van der Waals surface area (Å²) < 4.78 is 10.7. The lowest BCUT2D eigenvalue weighted by atomic mass is 9.98. The Morgan fingerprint density at radius 2 is 2.23 bits per heavy atom. The lowest BCUT2D eigenvalue weighted by molar-refractivity contribution is -0.167. The van der Waals surface area contributed by atoms with E-state index in [1.165, 1.54) is 11.8 Å². The molecule has 4 N–H and O–H groups in total. The topological polar surface area (TPSA) is 112 Å². The Hall–Kier alpha value is -1.03. The van der Waals surface area contributed by atoms with Crippen molar-refractivity contribution in [2.45, 2.75) is 50.1 Å². The molecule has 0 aromatic heterocycles. The fourth-order valence-corrected chi connectivity index (χ4v) is 3.42. The van der Waals surface area contributed by atoms with Crippen LogP contribution in [0.5, 0.6) is 0 Å². The van der Waals surface area contributed by atoms with E-state index in [0.29, 0.717) is 18.3 Å². The molecule has 0 aromatic carbocycles. The van der Waals surface area contributed by atoms with Gasteiger partial charge in [0, 0.05) is 13.1 Å². The average molecular weight is 333 g/mol. The lowest BCUT2D eigenvalue weighted by Gasteiger charge is -2.38. The number of carbonyl (C=O) groups excluding carboxylic acids is 1. The number of amides is 1. The number of nitrogens with one attached hydrogen (secondary N) is 2. The van der Waals surface area contributed by atoms with Crippen molar-refractivity contribution in [3.8, 4) is 0 Å². The standard InChI is InChI=1S/C13H23N3O5S/c1-3-5-15-12-16-8-10(18)9(17)7(21-11(8)22-12)6-20-13(19)14-4-2/h7-11,17-18H,3-6H2,1-2H3,(H,14,19)(H,15,16)/t7-,8-,9+,10-,11-/m1/s1. The fraction of sp³-hybridized carbons (Fsp3) is 0.846. The summed E-state index contributed by atoms with van der Waals surface area (Å²) in [4.78, 5) is 15.7. The zero-order valence-electron chi connectivity index (χ0n) is 12.7. The number of amidine groups is 1. The molecule has 2 fully saturated rings. The van der Waals surface area contributed by atoms with Crippen LogP contribution in [0.4, 0.5) is 4.79 Å². The second-order valence-electron chi connectivity index (χ2n) is 5.13. The fourth-order valence-electron chi connectivity index (χ4n) is 2.26. The predicted octanol–water partition coefficient (Wildman–Crippen LogP) is -0.350. The van der Waals surface area contributed by atoms with E-state index in [2.05, 4.69) is 15.6 Å². The van der Waals surface area contributed by atoms with Gasteiger partial charge in [-0.3, -0.25) is 4.99 Å². The van der Waals surface area contributed by atoms with E-state index in [4.69, 9.17) is 9.47 Å². The molecule has 5 atom stereocenters. The first-order chi connectivity index (χ1) is 10.6. The Balaban J connectivity index is 1.92. The Labute approximate surface area is 133 Å². The van der Waals surface area contributed by atoms with E-state index in [1.807, 2.05) is 6.92 Å². The first kappa shape index (κ1) is 17.3. The molecule has 0 bridgehead atoms. The second kappa shape index (κ2) is 8.00. The molecule has 8 nitrogen and oxygen atoms in total. The van der Waals surface area contributed by atoms with Crippen LogP contribution in [-0.4, -0.2) is 71.0 Å². The third-order valence-electron chi connectivity index (χ3n) is 3.40. The summed E-state index contributed by atoms with van der Waals surface area (Å²) >= 11 is 1.38. The van der Waals surface area contributed by atoms with Crippen molar-refractivity contribution in [1.29, 1.82) is 0 Å². The second-order valence-corrected chi connectivity index (χ2v) is 6.21. The first-order valence-electron chi connectivity index (χ1n) is 7.46. The van der Waals surface area contributed by atoms with Crippen molar-refractivity contribution < 1.29 is 24.5 Å². The van der Waals surface area contributed by atoms with Gasteiger partial charge in [-0.1, -0.05) is 18.7 Å². The number of hydrogen-bond acceptors (Lipinski definition) is 7. The smallest absolute Gasteiger partial charge is 0.407 e. The van der Waals surface area contributed by atoms with Gasteiger partial charge in [0.05, 0.1) is 6.04 Å². The van der Waals surface area contributed by atoms with E-state index in [9.17, 15) is 15.0 Å². The number of fused-ring (bicyclic) bond motifs is 1. The molecular formula is C13H23N3O5S. The minimum absolute atomic E-state index is 0.116. The molecule has 0 spiro atoms. The van der Waals surface area contributed by atoms with Crippen molar-refractivity contribution in [3.63, 3.8) is 0 Å². The Morgan fingerprint density at radius 3 is 2.91 bits per heavy atom. The molecule has 2 aliphatic rings. The van der Waals surface area contributed by atoms with Gasteiger partial charge < -0.3 is 30.3 Å².